The quantitative estimate of drug-likeness (QED) is 0.782. The number of nitrogens with zero attached hydrogens (tertiary/aromatic N) is 1. The van der Waals surface area contributed by atoms with E-state index in [1.165, 1.54) is 0 Å². The first-order valence-corrected chi connectivity index (χ1v) is 6.59. The van der Waals surface area contributed by atoms with Crippen LogP contribution in [0.1, 0.15) is 11.1 Å². The molecule has 0 fully saturated rings. The summed E-state index contributed by atoms with van der Waals surface area (Å²) in [6, 6.07) is 17.9. The lowest BCUT2D eigenvalue weighted by Crippen LogP contribution is -2.01. The first kappa shape index (κ1) is 12.6. The van der Waals surface area contributed by atoms with E-state index in [1.54, 1.807) is 0 Å². The molecule has 1 heterocycles. The van der Waals surface area contributed by atoms with E-state index < -0.39 is 0 Å². The van der Waals surface area contributed by atoms with Gasteiger partial charge in [0, 0.05) is 17.5 Å². The topological polar surface area (TPSA) is 48.1 Å². The maximum absolute atomic E-state index is 5.90. The van der Waals surface area contributed by atoms with Crippen molar-refractivity contribution in [2.24, 2.45) is 5.73 Å². The fourth-order valence-corrected chi connectivity index (χ4v) is 2.17. The number of para-hydroxylation sites is 1. The Balaban J connectivity index is 2.05. The minimum Gasteiger partial charge on any atom is -0.439 e. The van der Waals surface area contributed by atoms with Gasteiger partial charge in [-0.3, -0.25) is 0 Å². The van der Waals surface area contributed by atoms with Gasteiger partial charge in [0.25, 0.3) is 0 Å². The Morgan fingerprint density at radius 2 is 1.90 bits per heavy atom. The zero-order valence-electron chi connectivity index (χ0n) is 11.3. The molecule has 2 N–H and O–H groups in total. The van der Waals surface area contributed by atoms with Gasteiger partial charge in [-0.15, -0.1) is 0 Å². The molecular weight excluding hydrogens is 248 g/mol. The number of hydrogen-bond acceptors (Lipinski definition) is 3. The monoisotopic (exact) mass is 264 g/mol. The summed E-state index contributed by atoms with van der Waals surface area (Å²) in [7, 11) is 0. The third kappa shape index (κ3) is 2.49. The highest BCUT2D eigenvalue weighted by Gasteiger charge is 2.08. The van der Waals surface area contributed by atoms with Crippen LogP contribution in [0.2, 0.25) is 0 Å². The maximum atomic E-state index is 5.90. The van der Waals surface area contributed by atoms with Gasteiger partial charge in [-0.05, 0) is 36.8 Å². The normalized spacial score (nSPS) is 10.7. The summed E-state index contributed by atoms with van der Waals surface area (Å²) >= 11 is 0. The van der Waals surface area contributed by atoms with Crippen LogP contribution >= 0.6 is 0 Å². The standard InChI is InChI=1S/C17H16N2O/c1-12-5-4-7-15(9-12)20-17-14(11-18)10-13-6-2-3-8-16(13)19-17/h2-10H,11,18H2,1H3. The Hall–Kier alpha value is -2.39. The van der Waals surface area contributed by atoms with Crippen molar-refractivity contribution in [3.8, 4) is 11.6 Å². The largest absolute Gasteiger partial charge is 0.439 e. The van der Waals surface area contributed by atoms with Crippen LogP contribution in [-0.2, 0) is 6.54 Å². The molecule has 3 nitrogen and oxygen atoms in total. The Kier molecular flexibility index (Phi) is 3.35. The zero-order valence-corrected chi connectivity index (χ0v) is 11.3. The number of nitrogens with two attached hydrogens (primary N) is 1. The third-order valence-corrected chi connectivity index (χ3v) is 3.19. The first-order valence-electron chi connectivity index (χ1n) is 6.59. The van der Waals surface area contributed by atoms with Crippen molar-refractivity contribution in [3.63, 3.8) is 0 Å². The number of pyridine rings is 1. The molecule has 3 heteroatoms. The molecule has 0 radical (unpaired) electrons. The second-order valence-corrected chi connectivity index (χ2v) is 4.77. The molecule has 0 aliphatic rings. The molecule has 0 saturated carbocycles. The molecule has 1 aromatic heterocycles. The second kappa shape index (κ2) is 5.31. The Bertz CT molecular complexity index is 753. The number of aryl methyl sites for hydroxylation is 1. The van der Waals surface area contributed by atoms with E-state index in [0.29, 0.717) is 12.4 Å². The Morgan fingerprint density at radius 1 is 1.05 bits per heavy atom. The molecule has 0 bridgehead atoms. The molecule has 0 amide bonds. The summed E-state index contributed by atoms with van der Waals surface area (Å²) in [5, 5.41) is 1.07. The molecule has 0 spiro atoms. The van der Waals surface area contributed by atoms with Crippen molar-refractivity contribution < 1.29 is 4.74 Å². The maximum Gasteiger partial charge on any atom is 0.224 e. The van der Waals surface area contributed by atoms with Gasteiger partial charge in [0.05, 0.1) is 5.52 Å². The summed E-state index contributed by atoms with van der Waals surface area (Å²) in [5.74, 6) is 1.36. The summed E-state index contributed by atoms with van der Waals surface area (Å²) < 4.78 is 5.90. The molecule has 100 valence electrons. The number of hydrogen-bond donors (Lipinski definition) is 1. The van der Waals surface area contributed by atoms with Gasteiger partial charge < -0.3 is 10.5 Å². The highest BCUT2D eigenvalue weighted by Crippen LogP contribution is 2.27. The number of benzene rings is 2. The molecule has 0 aliphatic heterocycles. The van der Waals surface area contributed by atoms with Gasteiger partial charge in [0.1, 0.15) is 5.75 Å². The van der Waals surface area contributed by atoms with E-state index in [1.807, 2.05) is 61.5 Å². The van der Waals surface area contributed by atoms with Gasteiger partial charge in [0.2, 0.25) is 5.88 Å². The second-order valence-electron chi connectivity index (χ2n) is 4.77. The van der Waals surface area contributed by atoms with Crippen LogP contribution in [0, 0.1) is 6.92 Å². The van der Waals surface area contributed by atoms with Crippen LogP contribution in [0.3, 0.4) is 0 Å². The van der Waals surface area contributed by atoms with Crippen LogP contribution in [0.25, 0.3) is 10.9 Å². The van der Waals surface area contributed by atoms with Crippen molar-refractivity contribution in [1.29, 1.82) is 0 Å². The highest BCUT2D eigenvalue weighted by atomic mass is 16.5. The van der Waals surface area contributed by atoms with Gasteiger partial charge in [-0.25, -0.2) is 4.98 Å². The van der Waals surface area contributed by atoms with Crippen LogP contribution in [0.5, 0.6) is 11.6 Å². The molecule has 20 heavy (non-hydrogen) atoms. The Labute approximate surface area is 118 Å². The van der Waals surface area contributed by atoms with Crippen LogP contribution in [0.15, 0.2) is 54.6 Å². The molecule has 0 atom stereocenters. The zero-order chi connectivity index (χ0) is 13.9. The van der Waals surface area contributed by atoms with Gasteiger partial charge in [0.15, 0.2) is 0 Å². The van der Waals surface area contributed by atoms with Gasteiger partial charge in [-0.1, -0.05) is 30.3 Å². The van der Waals surface area contributed by atoms with E-state index in [2.05, 4.69) is 4.98 Å². The number of rotatable bonds is 3. The van der Waals surface area contributed by atoms with Crippen LogP contribution in [0.4, 0.5) is 0 Å². The fourth-order valence-electron chi connectivity index (χ4n) is 2.17. The lowest BCUT2D eigenvalue weighted by atomic mass is 10.1. The average Bonchev–Trinajstić information content (AvgIpc) is 2.46. The molecule has 3 aromatic rings. The van der Waals surface area contributed by atoms with Crippen LogP contribution in [-0.4, -0.2) is 4.98 Å². The number of ether oxygens (including phenoxy) is 1. The highest BCUT2D eigenvalue weighted by molar-refractivity contribution is 5.80. The number of aromatic nitrogens is 1. The minimum atomic E-state index is 0.402. The van der Waals surface area contributed by atoms with E-state index >= 15 is 0 Å². The SMILES string of the molecule is Cc1cccc(Oc2nc3ccccc3cc2CN)c1. The van der Waals surface area contributed by atoms with Gasteiger partial charge in [-0.2, -0.15) is 0 Å². The van der Waals surface area contributed by atoms with Crippen molar-refractivity contribution in [3.05, 3.63) is 65.7 Å². The molecule has 0 unspecified atom stereocenters. The first-order chi connectivity index (χ1) is 9.76. The lowest BCUT2D eigenvalue weighted by molar-refractivity contribution is 0.458. The smallest absolute Gasteiger partial charge is 0.224 e. The summed E-state index contributed by atoms with van der Waals surface area (Å²) in [4.78, 5) is 4.57. The lowest BCUT2D eigenvalue weighted by Gasteiger charge is -2.11. The third-order valence-electron chi connectivity index (χ3n) is 3.19. The molecule has 3 rings (SSSR count). The van der Waals surface area contributed by atoms with Crippen LogP contribution < -0.4 is 10.5 Å². The number of fused-ring (bicyclic) bond motifs is 1. The van der Waals surface area contributed by atoms with Crippen molar-refractivity contribution in [2.45, 2.75) is 13.5 Å². The van der Waals surface area contributed by atoms with Crippen molar-refractivity contribution in [1.82, 2.24) is 4.98 Å². The van der Waals surface area contributed by atoms with E-state index in [9.17, 15) is 0 Å². The molecular formula is C17H16N2O. The van der Waals surface area contributed by atoms with Crippen molar-refractivity contribution >= 4 is 10.9 Å². The minimum absolute atomic E-state index is 0.402. The van der Waals surface area contributed by atoms with E-state index in [4.69, 9.17) is 10.5 Å². The molecule has 0 aliphatic carbocycles. The molecule has 0 saturated heterocycles. The van der Waals surface area contributed by atoms with E-state index in [-0.39, 0.29) is 0 Å². The van der Waals surface area contributed by atoms with Crippen molar-refractivity contribution in [2.75, 3.05) is 0 Å². The van der Waals surface area contributed by atoms with E-state index in [0.717, 1.165) is 27.8 Å². The average molecular weight is 264 g/mol. The fraction of sp³-hybridized carbons (Fsp3) is 0.118. The predicted octanol–water partition coefficient (Wildman–Crippen LogP) is 3.79. The summed E-state index contributed by atoms with van der Waals surface area (Å²) in [6.45, 7) is 2.43. The Morgan fingerprint density at radius 3 is 2.70 bits per heavy atom. The molecule has 2 aromatic carbocycles. The summed E-state index contributed by atoms with van der Waals surface area (Å²) in [6.07, 6.45) is 0. The summed E-state index contributed by atoms with van der Waals surface area (Å²) in [5.41, 5.74) is 8.77. The van der Waals surface area contributed by atoms with Gasteiger partial charge >= 0.3 is 0 Å². The predicted molar refractivity (Wildman–Crippen MR) is 80.9 cm³/mol.